The average molecular weight is 274 g/mol. The van der Waals surface area contributed by atoms with Gasteiger partial charge in [-0.15, -0.1) is 11.8 Å². The van der Waals surface area contributed by atoms with E-state index in [2.05, 4.69) is 5.32 Å². The van der Waals surface area contributed by atoms with Crippen molar-refractivity contribution >= 4 is 23.6 Å². The molecule has 0 aromatic carbocycles. The van der Waals surface area contributed by atoms with E-state index in [1.807, 2.05) is 0 Å². The van der Waals surface area contributed by atoms with Gasteiger partial charge in [-0.25, -0.2) is 4.79 Å². The Morgan fingerprint density at radius 3 is 2.78 bits per heavy atom. The molecule has 2 N–H and O–H groups in total. The SMILES string of the molecule is O=C(O)[C@@H]1CSCN1C(=O)COC1CCNCC1. The Balaban J connectivity index is 1.78. The predicted octanol–water partition coefficient (Wildman–Crippen LogP) is -0.259. The van der Waals surface area contributed by atoms with E-state index in [-0.39, 0.29) is 18.6 Å². The largest absolute Gasteiger partial charge is 0.480 e. The number of hydrogen-bond acceptors (Lipinski definition) is 5. The van der Waals surface area contributed by atoms with Crippen LogP contribution in [0.4, 0.5) is 0 Å². The van der Waals surface area contributed by atoms with Crippen molar-refractivity contribution in [3.8, 4) is 0 Å². The number of thioether (sulfide) groups is 1. The van der Waals surface area contributed by atoms with Gasteiger partial charge in [0.2, 0.25) is 5.91 Å². The zero-order valence-corrected chi connectivity index (χ0v) is 10.9. The van der Waals surface area contributed by atoms with Crippen LogP contribution in [0.2, 0.25) is 0 Å². The Morgan fingerprint density at radius 2 is 2.11 bits per heavy atom. The first kappa shape index (κ1) is 13.6. The molecule has 18 heavy (non-hydrogen) atoms. The Bertz CT molecular complexity index is 320. The van der Waals surface area contributed by atoms with Gasteiger partial charge < -0.3 is 20.1 Å². The summed E-state index contributed by atoms with van der Waals surface area (Å²) in [6.45, 7) is 1.82. The van der Waals surface area contributed by atoms with Gasteiger partial charge in [-0.05, 0) is 25.9 Å². The molecule has 2 saturated heterocycles. The van der Waals surface area contributed by atoms with Gasteiger partial charge in [0.15, 0.2) is 0 Å². The molecule has 2 aliphatic rings. The number of amides is 1. The molecule has 2 heterocycles. The van der Waals surface area contributed by atoms with Crippen LogP contribution in [0, 0.1) is 0 Å². The zero-order valence-electron chi connectivity index (χ0n) is 10.1. The molecule has 2 aliphatic heterocycles. The van der Waals surface area contributed by atoms with Crippen LogP contribution >= 0.6 is 11.8 Å². The third-order valence-electron chi connectivity index (χ3n) is 3.22. The van der Waals surface area contributed by atoms with Crippen LogP contribution in [-0.2, 0) is 14.3 Å². The number of carbonyl (C=O) groups excluding carboxylic acids is 1. The summed E-state index contributed by atoms with van der Waals surface area (Å²) >= 11 is 1.47. The van der Waals surface area contributed by atoms with E-state index >= 15 is 0 Å². The molecule has 2 rings (SSSR count). The highest BCUT2D eigenvalue weighted by molar-refractivity contribution is 7.99. The monoisotopic (exact) mass is 274 g/mol. The van der Waals surface area contributed by atoms with Gasteiger partial charge in [-0.2, -0.15) is 0 Å². The number of carbonyl (C=O) groups is 2. The number of nitrogens with one attached hydrogen (secondary N) is 1. The van der Waals surface area contributed by atoms with Crippen molar-refractivity contribution in [1.29, 1.82) is 0 Å². The van der Waals surface area contributed by atoms with E-state index in [0.717, 1.165) is 25.9 Å². The van der Waals surface area contributed by atoms with Gasteiger partial charge in [0.1, 0.15) is 12.6 Å². The van der Waals surface area contributed by atoms with Gasteiger partial charge in [-0.1, -0.05) is 0 Å². The van der Waals surface area contributed by atoms with Crippen LogP contribution in [-0.4, -0.2) is 65.4 Å². The normalized spacial score (nSPS) is 25.3. The number of piperidine rings is 1. The van der Waals surface area contributed by atoms with Crippen molar-refractivity contribution in [2.75, 3.05) is 31.3 Å². The molecular weight excluding hydrogens is 256 g/mol. The lowest BCUT2D eigenvalue weighted by Crippen LogP contribution is -2.44. The predicted molar refractivity (Wildman–Crippen MR) is 67.4 cm³/mol. The Kier molecular flexibility index (Phi) is 4.85. The summed E-state index contributed by atoms with van der Waals surface area (Å²) in [4.78, 5) is 24.3. The van der Waals surface area contributed by atoms with Crippen molar-refractivity contribution in [2.45, 2.75) is 25.0 Å². The molecular formula is C11H18N2O4S. The molecule has 0 unspecified atom stereocenters. The molecule has 0 spiro atoms. The van der Waals surface area contributed by atoms with Crippen molar-refractivity contribution in [3.05, 3.63) is 0 Å². The number of carboxylic acids is 1. The molecule has 0 aromatic heterocycles. The van der Waals surface area contributed by atoms with E-state index in [9.17, 15) is 9.59 Å². The maximum Gasteiger partial charge on any atom is 0.327 e. The van der Waals surface area contributed by atoms with E-state index in [1.54, 1.807) is 0 Å². The maximum atomic E-state index is 11.9. The number of aliphatic carboxylic acids is 1. The highest BCUT2D eigenvalue weighted by Gasteiger charge is 2.34. The third kappa shape index (κ3) is 3.37. The van der Waals surface area contributed by atoms with Crippen molar-refractivity contribution < 1.29 is 19.4 Å². The second kappa shape index (κ2) is 6.40. The molecule has 2 fully saturated rings. The summed E-state index contributed by atoms with van der Waals surface area (Å²) in [6.07, 6.45) is 1.93. The van der Waals surface area contributed by atoms with Gasteiger partial charge in [0.25, 0.3) is 0 Å². The van der Waals surface area contributed by atoms with E-state index in [4.69, 9.17) is 9.84 Å². The number of nitrogens with zero attached hydrogens (tertiary/aromatic N) is 1. The molecule has 0 bridgehead atoms. The average Bonchev–Trinajstić information content (AvgIpc) is 2.86. The van der Waals surface area contributed by atoms with Crippen molar-refractivity contribution in [1.82, 2.24) is 10.2 Å². The molecule has 1 amide bonds. The summed E-state index contributed by atoms with van der Waals surface area (Å²) < 4.78 is 5.55. The minimum atomic E-state index is -0.935. The lowest BCUT2D eigenvalue weighted by Gasteiger charge is -2.25. The molecule has 0 aromatic rings. The summed E-state index contributed by atoms with van der Waals surface area (Å²) in [5, 5.41) is 12.2. The highest BCUT2D eigenvalue weighted by atomic mass is 32.2. The molecule has 1 atom stereocenters. The molecule has 0 saturated carbocycles. The van der Waals surface area contributed by atoms with Crippen LogP contribution < -0.4 is 5.32 Å². The molecule has 6 nitrogen and oxygen atoms in total. The first-order chi connectivity index (χ1) is 8.68. The number of ether oxygens (including phenoxy) is 1. The summed E-state index contributed by atoms with van der Waals surface area (Å²) in [7, 11) is 0. The molecule has 102 valence electrons. The smallest absolute Gasteiger partial charge is 0.327 e. The topological polar surface area (TPSA) is 78.9 Å². The second-order valence-corrected chi connectivity index (χ2v) is 5.48. The highest BCUT2D eigenvalue weighted by Crippen LogP contribution is 2.21. The third-order valence-corrected chi connectivity index (χ3v) is 4.23. The Labute approximate surface area is 110 Å². The van der Waals surface area contributed by atoms with Gasteiger partial charge in [-0.3, -0.25) is 4.79 Å². The first-order valence-electron chi connectivity index (χ1n) is 6.11. The van der Waals surface area contributed by atoms with Gasteiger partial charge >= 0.3 is 5.97 Å². The van der Waals surface area contributed by atoms with E-state index < -0.39 is 12.0 Å². The lowest BCUT2D eigenvalue weighted by atomic mass is 10.1. The van der Waals surface area contributed by atoms with Gasteiger partial charge in [0.05, 0.1) is 12.0 Å². The number of carboxylic acid groups (broad SMARTS) is 1. The fourth-order valence-corrected chi connectivity index (χ4v) is 3.30. The first-order valence-corrected chi connectivity index (χ1v) is 7.26. The fraction of sp³-hybridized carbons (Fsp3) is 0.818. The molecule has 0 radical (unpaired) electrons. The quantitative estimate of drug-likeness (QED) is 0.735. The van der Waals surface area contributed by atoms with Crippen LogP contribution in [0.5, 0.6) is 0 Å². The zero-order chi connectivity index (χ0) is 13.0. The van der Waals surface area contributed by atoms with E-state index in [1.165, 1.54) is 16.7 Å². The van der Waals surface area contributed by atoms with Crippen LogP contribution in [0.3, 0.4) is 0 Å². The molecule has 0 aliphatic carbocycles. The fourth-order valence-electron chi connectivity index (χ4n) is 2.13. The summed E-state index contributed by atoms with van der Waals surface area (Å²) in [5.74, 6) is -0.235. The van der Waals surface area contributed by atoms with Crippen LogP contribution in [0.25, 0.3) is 0 Å². The Hall–Kier alpha value is -0.790. The lowest BCUT2D eigenvalue weighted by molar-refractivity contribution is -0.150. The van der Waals surface area contributed by atoms with Crippen LogP contribution in [0.1, 0.15) is 12.8 Å². The minimum absolute atomic E-state index is 0.00495. The standard InChI is InChI=1S/C11H18N2O4S/c14-10(5-17-8-1-3-12-4-2-8)13-7-18-6-9(13)11(15)16/h8-9,12H,1-7H2,(H,15,16)/t9-/m0/s1. The summed E-state index contributed by atoms with van der Waals surface area (Å²) in [5.41, 5.74) is 0. The van der Waals surface area contributed by atoms with Crippen molar-refractivity contribution in [2.24, 2.45) is 0 Å². The minimum Gasteiger partial charge on any atom is -0.480 e. The Morgan fingerprint density at radius 1 is 1.39 bits per heavy atom. The van der Waals surface area contributed by atoms with Gasteiger partial charge in [0, 0.05) is 5.75 Å². The summed E-state index contributed by atoms with van der Waals surface area (Å²) in [6, 6.07) is -0.695. The number of hydrogen-bond donors (Lipinski definition) is 2. The second-order valence-electron chi connectivity index (χ2n) is 4.48. The van der Waals surface area contributed by atoms with E-state index in [0.29, 0.717) is 11.6 Å². The number of rotatable bonds is 4. The molecule has 7 heteroatoms. The van der Waals surface area contributed by atoms with Crippen molar-refractivity contribution in [3.63, 3.8) is 0 Å². The van der Waals surface area contributed by atoms with Crippen LogP contribution in [0.15, 0.2) is 0 Å². The maximum absolute atomic E-state index is 11.9.